The average molecular weight is 383 g/mol. The van der Waals surface area contributed by atoms with Crippen molar-refractivity contribution >= 4 is 24.1 Å². The van der Waals surface area contributed by atoms with Crippen molar-refractivity contribution in [2.75, 3.05) is 14.2 Å². The van der Waals surface area contributed by atoms with E-state index in [1.165, 1.54) is 12.8 Å². The van der Waals surface area contributed by atoms with Crippen LogP contribution >= 0.6 is 0 Å². The third-order valence-corrected chi connectivity index (χ3v) is 5.67. The Hall–Kier alpha value is -2.63. The predicted octanol–water partition coefficient (Wildman–Crippen LogP) is 4.07. The third-order valence-electron chi connectivity index (χ3n) is 5.67. The van der Waals surface area contributed by atoms with Gasteiger partial charge in [-0.1, -0.05) is 25.8 Å². The lowest BCUT2D eigenvalue weighted by Gasteiger charge is -2.45. The topological polar surface area (TPSA) is 57.5 Å². The fourth-order valence-corrected chi connectivity index (χ4v) is 4.21. The number of nitrogens with zero attached hydrogens (tertiary/aromatic N) is 4. The molecule has 0 N–H and O–H groups in total. The van der Waals surface area contributed by atoms with Gasteiger partial charge in [0.05, 0.1) is 13.3 Å². The van der Waals surface area contributed by atoms with E-state index in [0.29, 0.717) is 11.7 Å². The molecule has 6 nitrogen and oxygen atoms in total. The van der Waals surface area contributed by atoms with Gasteiger partial charge in [-0.05, 0) is 50.6 Å². The van der Waals surface area contributed by atoms with Gasteiger partial charge in [-0.25, -0.2) is 4.99 Å². The summed E-state index contributed by atoms with van der Waals surface area (Å²) in [7, 11) is 3.44. The van der Waals surface area contributed by atoms with E-state index in [-0.39, 0.29) is 11.9 Å². The second-order valence-corrected chi connectivity index (χ2v) is 7.47. The maximum absolute atomic E-state index is 13.1. The van der Waals surface area contributed by atoms with E-state index in [9.17, 15) is 4.79 Å². The SMILES string of the molecule is C=N/C=C1\C(=Nc2ccc(C)cc2OC)N(C2CCCC2)C(CC)C(=O)N1C. The van der Waals surface area contributed by atoms with Gasteiger partial charge in [0.15, 0.2) is 5.84 Å². The van der Waals surface area contributed by atoms with Gasteiger partial charge in [0.2, 0.25) is 5.91 Å². The fourth-order valence-electron chi connectivity index (χ4n) is 4.21. The molecule has 1 atom stereocenters. The summed E-state index contributed by atoms with van der Waals surface area (Å²) >= 11 is 0. The van der Waals surface area contributed by atoms with Crippen LogP contribution in [-0.2, 0) is 4.79 Å². The van der Waals surface area contributed by atoms with Crippen molar-refractivity contribution in [1.29, 1.82) is 0 Å². The first kappa shape index (κ1) is 20.1. The number of hydrogen-bond acceptors (Lipinski definition) is 4. The van der Waals surface area contributed by atoms with Crippen molar-refractivity contribution in [1.82, 2.24) is 9.80 Å². The van der Waals surface area contributed by atoms with Crippen molar-refractivity contribution in [3.8, 4) is 5.75 Å². The molecule has 28 heavy (non-hydrogen) atoms. The Morgan fingerprint density at radius 3 is 2.64 bits per heavy atom. The van der Waals surface area contributed by atoms with Crippen molar-refractivity contribution in [3.05, 3.63) is 35.7 Å². The van der Waals surface area contributed by atoms with Crippen molar-refractivity contribution < 1.29 is 9.53 Å². The Labute approximate surface area is 167 Å². The van der Waals surface area contributed by atoms with Gasteiger partial charge in [-0.3, -0.25) is 9.79 Å². The number of amides is 1. The number of hydrogen-bond donors (Lipinski definition) is 0. The molecular formula is C22H30N4O2. The first-order valence-corrected chi connectivity index (χ1v) is 9.97. The Morgan fingerprint density at radius 2 is 2.04 bits per heavy atom. The van der Waals surface area contributed by atoms with E-state index in [1.807, 2.05) is 25.1 Å². The molecule has 1 aromatic rings. The van der Waals surface area contributed by atoms with E-state index in [4.69, 9.17) is 9.73 Å². The summed E-state index contributed by atoms with van der Waals surface area (Å²) in [4.78, 5) is 25.9. The maximum Gasteiger partial charge on any atom is 0.249 e. The first-order chi connectivity index (χ1) is 13.5. The Kier molecular flexibility index (Phi) is 6.17. The summed E-state index contributed by atoms with van der Waals surface area (Å²) in [6.45, 7) is 7.68. The molecular weight excluding hydrogens is 352 g/mol. The van der Waals surface area contributed by atoms with Crippen molar-refractivity contribution in [2.45, 2.75) is 58.0 Å². The smallest absolute Gasteiger partial charge is 0.249 e. The number of aliphatic imine (C=N–C) groups is 2. The number of likely N-dealkylation sites (N-methyl/N-ethyl adjacent to an activating group) is 1. The zero-order chi connectivity index (χ0) is 20.3. The largest absolute Gasteiger partial charge is 0.494 e. The molecule has 6 heteroatoms. The predicted molar refractivity (Wildman–Crippen MR) is 113 cm³/mol. The van der Waals surface area contributed by atoms with Crippen LogP contribution in [0, 0.1) is 6.92 Å². The number of piperazine rings is 1. The second kappa shape index (κ2) is 8.59. The Balaban J connectivity index is 2.19. The number of aryl methyl sites for hydroxylation is 1. The molecule has 1 saturated carbocycles. The van der Waals surface area contributed by atoms with Gasteiger partial charge in [0.25, 0.3) is 0 Å². The normalized spacial score (nSPS) is 23.7. The standard InChI is InChI=1S/C22H30N4O2/c1-6-18-22(27)25(4)19(14-23-3)21(26(18)16-9-7-8-10-16)24-17-12-11-15(2)13-20(17)28-5/h11-14,16,18H,3,6-10H2,1-2,4-5H3/b19-14+,24-21?. The fraction of sp³-hybridized carbons (Fsp3) is 0.500. The summed E-state index contributed by atoms with van der Waals surface area (Å²) < 4.78 is 5.56. The first-order valence-electron chi connectivity index (χ1n) is 9.97. The van der Waals surface area contributed by atoms with E-state index >= 15 is 0 Å². The third kappa shape index (κ3) is 3.68. The highest BCUT2D eigenvalue weighted by Gasteiger charge is 2.42. The van der Waals surface area contributed by atoms with Crippen LogP contribution in [-0.4, -0.2) is 54.5 Å². The minimum atomic E-state index is -0.217. The summed E-state index contributed by atoms with van der Waals surface area (Å²) in [5, 5.41) is 0. The van der Waals surface area contributed by atoms with Crippen LogP contribution in [0.15, 0.2) is 40.1 Å². The lowest BCUT2D eigenvalue weighted by atomic mass is 10.0. The average Bonchev–Trinajstić information content (AvgIpc) is 3.22. The highest BCUT2D eigenvalue weighted by Crippen LogP contribution is 2.35. The second-order valence-electron chi connectivity index (χ2n) is 7.47. The van der Waals surface area contributed by atoms with Gasteiger partial charge in [0, 0.05) is 13.1 Å². The van der Waals surface area contributed by atoms with E-state index in [2.05, 4.69) is 23.5 Å². The van der Waals surface area contributed by atoms with Gasteiger partial charge in [-0.15, -0.1) is 0 Å². The highest BCUT2D eigenvalue weighted by molar-refractivity contribution is 6.08. The monoisotopic (exact) mass is 382 g/mol. The van der Waals surface area contributed by atoms with E-state index < -0.39 is 0 Å². The molecule has 3 rings (SSSR count). The van der Waals surface area contributed by atoms with Crippen LogP contribution in [0.25, 0.3) is 0 Å². The van der Waals surface area contributed by atoms with Crippen LogP contribution < -0.4 is 4.74 Å². The van der Waals surface area contributed by atoms with Crippen LogP contribution in [0.5, 0.6) is 5.75 Å². The lowest BCUT2D eigenvalue weighted by Crippen LogP contribution is -2.60. The number of rotatable bonds is 5. The molecule has 1 saturated heterocycles. The summed E-state index contributed by atoms with van der Waals surface area (Å²) in [6.07, 6.45) is 6.88. The van der Waals surface area contributed by atoms with Gasteiger partial charge < -0.3 is 14.5 Å². The molecule has 1 aromatic carbocycles. The molecule has 0 spiro atoms. The number of benzene rings is 1. The Bertz CT molecular complexity index is 809. The number of methoxy groups -OCH3 is 1. The van der Waals surface area contributed by atoms with Crippen molar-refractivity contribution in [3.63, 3.8) is 0 Å². The zero-order valence-electron chi connectivity index (χ0n) is 17.3. The molecule has 1 amide bonds. The molecule has 150 valence electrons. The summed E-state index contributed by atoms with van der Waals surface area (Å²) in [5.74, 6) is 1.58. The molecule has 2 aliphatic rings. The maximum atomic E-state index is 13.1. The molecule has 1 heterocycles. The van der Waals surface area contributed by atoms with Gasteiger partial charge in [0.1, 0.15) is 23.2 Å². The molecule has 1 aliphatic heterocycles. The van der Waals surface area contributed by atoms with Crippen LogP contribution in [0.2, 0.25) is 0 Å². The zero-order valence-corrected chi connectivity index (χ0v) is 17.3. The Morgan fingerprint density at radius 1 is 1.32 bits per heavy atom. The summed E-state index contributed by atoms with van der Waals surface area (Å²) in [6, 6.07) is 6.05. The van der Waals surface area contributed by atoms with Crippen LogP contribution in [0.1, 0.15) is 44.6 Å². The van der Waals surface area contributed by atoms with Gasteiger partial charge >= 0.3 is 0 Å². The molecule has 0 aromatic heterocycles. The number of carbonyl (C=O) groups is 1. The van der Waals surface area contributed by atoms with Crippen LogP contribution in [0.4, 0.5) is 5.69 Å². The van der Waals surface area contributed by atoms with Crippen LogP contribution in [0.3, 0.4) is 0 Å². The molecule has 0 bridgehead atoms. The number of carbonyl (C=O) groups excluding carboxylic acids is 1. The summed E-state index contributed by atoms with van der Waals surface area (Å²) in [5.41, 5.74) is 2.54. The molecule has 1 unspecified atom stereocenters. The minimum Gasteiger partial charge on any atom is -0.494 e. The van der Waals surface area contributed by atoms with Gasteiger partial charge in [-0.2, -0.15) is 0 Å². The van der Waals surface area contributed by atoms with Crippen molar-refractivity contribution in [2.24, 2.45) is 9.98 Å². The lowest BCUT2D eigenvalue weighted by molar-refractivity contribution is -0.134. The van der Waals surface area contributed by atoms with E-state index in [1.54, 1.807) is 25.3 Å². The molecule has 0 radical (unpaired) electrons. The van der Waals surface area contributed by atoms with E-state index in [0.717, 1.165) is 42.1 Å². The number of ether oxygens (including phenoxy) is 1. The molecule has 1 aliphatic carbocycles. The minimum absolute atomic E-state index is 0.0825. The number of amidine groups is 1. The quantitative estimate of drug-likeness (QED) is 0.721. The molecule has 2 fully saturated rings. The highest BCUT2D eigenvalue weighted by atomic mass is 16.5.